The zero-order chi connectivity index (χ0) is 13.8. The van der Waals surface area contributed by atoms with E-state index in [2.05, 4.69) is 30.8 Å². The molecule has 2 atom stereocenters. The van der Waals surface area contributed by atoms with Crippen LogP contribution in [-0.2, 0) is 4.74 Å². The van der Waals surface area contributed by atoms with Gasteiger partial charge in [0.2, 0.25) is 0 Å². The summed E-state index contributed by atoms with van der Waals surface area (Å²) in [6, 6.07) is 0. The Kier molecular flexibility index (Phi) is 5.20. The summed E-state index contributed by atoms with van der Waals surface area (Å²) >= 11 is 0. The Morgan fingerprint density at radius 1 is 1.50 bits per heavy atom. The van der Waals surface area contributed by atoms with Crippen LogP contribution in [-0.4, -0.2) is 18.2 Å². The minimum atomic E-state index is -0.454. The molecule has 18 heavy (non-hydrogen) atoms. The van der Waals surface area contributed by atoms with Gasteiger partial charge in [-0.3, -0.25) is 5.43 Å². The number of rotatable bonds is 3. The van der Waals surface area contributed by atoms with Crippen molar-refractivity contribution in [2.45, 2.75) is 53.1 Å². The van der Waals surface area contributed by atoms with Gasteiger partial charge >= 0.3 is 6.09 Å². The molecule has 1 amide bonds. The van der Waals surface area contributed by atoms with Crippen LogP contribution >= 0.6 is 0 Å². The molecular formula is C14H26N2O2. The van der Waals surface area contributed by atoms with Crippen LogP contribution in [0.4, 0.5) is 4.79 Å². The van der Waals surface area contributed by atoms with Crippen molar-refractivity contribution in [1.82, 2.24) is 10.9 Å². The van der Waals surface area contributed by atoms with Crippen LogP contribution in [0.25, 0.3) is 0 Å². The zero-order valence-electron chi connectivity index (χ0n) is 12.2. The molecule has 0 aromatic heterocycles. The third-order valence-corrected chi connectivity index (χ3v) is 2.86. The van der Waals surface area contributed by atoms with Gasteiger partial charge in [0.05, 0.1) is 0 Å². The number of hydrazine groups is 1. The highest BCUT2D eigenvalue weighted by molar-refractivity contribution is 5.66. The Bertz CT molecular complexity index is 318. The van der Waals surface area contributed by atoms with E-state index in [4.69, 9.17) is 4.74 Å². The number of amides is 1. The normalized spacial score (nSPS) is 24.4. The summed E-state index contributed by atoms with van der Waals surface area (Å²) in [5, 5.41) is 0. The van der Waals surface area contributed by atoms with Crippen LogP contribution < -0.4 is 10.9 Å². The fraction of sp³-hybridized carbons (Fsp3) is 0.786. The molecule has 2 unspecified atom stereocenters. The first kappa shape index (κ1) is 15.0. The van der Waals surface area contributed by atoms with Crippen molar-refractivity contribution < 1.29 is 9.53 Å². The van der Waals surface area contributed by atoms with E-state index in [-0.39, 0.29) is 0 Å². The Balaban J connectivity index is 2.22. The second-order valence-electron chi connectivity index (χ2n) is 6.30. The average molecular weight is 254 g/mol. The summed E-state index contributed by atoms with van der Waals surface area (Å²) in [7, 11) is 0. The Morgan fingerprint density at radius 3 is 2.72 bits per heavy atom. The van der Waals surface area contributed by atoms with Crippen LogP contribution in [0.5, 0.6) is 0 Å². The molecule has 1 aliphatic carbocycles. The summed E-state index contributed by atoms with van der Waals surface area (Å²) in [5.41, 5.74) is 6.54. The lowest BCUT2D eigenvalue weighted by Crippen LogP contribution is -2.43. The van der Waals surface area contributed by atoms with Crippen LogP contribution in [0.2, 0.25) is 0 Å². The van der Waals surface area contributed by atoms with E-state index in [0.29, 0.717) is 11.8 Å². The van der Waals surface area contributed by atoms with E-state index in [1.165, 1.54) is 12.0 Å². The number of allylic oxidation sites excluding steroid dienone is 2. The van der Waals surface area contributed by atoms with Crippen molar-refractivity contribution >= 4 is 6.09 Å². The molecule has 0 saturated carbocycles. The molecule has 4 nitrogen and oxygen atoms in total. The summed E-state index contributed by atoms with van der Waals surface area (Å²) in [5.74, 6) is 1.21. The Labute approximate surface area is 110 Å². The molecule has 0 heterocycles. The Morgan fingerprint density at radius 2 is 2.17 bits per heavy atom. The molecule has 0 fully saturated rings. The van der Waals surface area contributed by atoms with Crippen molar-refractivity contribution in [3.63, 3.8) is 0 Å². The van der Waals surface area contributed by atoms with E-state index >= 15 is 0 Å². The molecule has 0 aromatic carbocycles. The molecule has 0 saturated heterocycles. The topological polar surface area (TPSA) is 50.4 Å². The third kappa shape index (κ3) is 6.05. The predicted molar refractivity (Wildman–Crippen MR) is 73.0 cm³/mol. The van der Waals surface area contributed by atoms with Crippen LogP contribution in [0, 0.1) is 11.8 Å². The van der Waals surface area contributed by atoms with Crippen LogP contribution in [0.1, 0.15) is 47.5 Å². The standard InChI is InChI=1S/C14H26N2O2/c1-10-6-11(2)8-12(7-10)9-15-16-13(17)18-14(3,4)5/h6,10,12,15H,7-9H2,1-5H3,(H,16,17). The summed E-state index contributed by atoms with van der Waals surface area (Å²) < 4.78 is 5.15. The van der Waals surface area contributed by atoms with E-state index < -0.39 is 11.7 Å². The lowest BCUT2D eigenvalue weighted by Gasteiger charge is -2.26. The van der Waals surface area contributed by atoms with Crippen molar-refractivity contribution in [2.75, 3.05) is 6.54 Å². The SMILES string of the molecule is CC1=CC(C)CC(CNNC(=O)OC(C)(C)C)C1. The molecule has 0 aromatic rings. The highest BCUT2D eigenvalue weighted by Crippen LogP contribution is 2.26. The third-order valence-electron chi connectivity index (χ3n) is 2.86. The van der Waals surface area contributed by atoms with Gasteiger partial charge in [-0.2, -0.15) is 0 Å². The van der Waals surface area contributed by atoms with E-state index in [0.717, 1.165) is 13.0 Å². The van der Waals surface area contributed by atoms with Crippen LogP contribution in [0.3, 0.4) is 0 Å². The second-order valence-corrected chi connectivity index (χ2v) is 6.30. The molecule has 104 valence electrons. The number of hydrogen-bond acceptors (Lipinski definition) is 3. The molecule has 4 heteroatoms. The number of carbonyl (C=O) groups excluding carboxylic acids is 1. The summed E-state index contributed by atoms with van der Waals surface area (Å²) in [4.78, 5) is 11.4. The largest absolute Gasteiger partial charge is 0.443 e. The van der Waals surface area contributed by atoms with Gasteiger partial charge in [-0.05, 0) is 52.4 Å². The second kappa shape index (κ2) is 6.23. The maximum absolute atomic E-state index is 11.4. The molecule has 0 bridgehead atoms. The Hall–Kier alpha value is -1.03. The van der Waals surface area contributed by atoms with Gasteiger partial charge < -0.3 is 4.74 Å². The minimum Gasteiger partial charge on any atom is -0.443 e. The number of nitrogens with one attached hydrogen (secondary N) is 2. The van der Waals surface area contributed by atoms with Gasteiger partial charge in [0.15, 0.2) is 0 Å². The lowest BCUT2D eigenvalue weighted by atomic mass is 9.84. The monoisotopic (exact) mass is 254 g/mol. The first-order valence-corrected chi connectivity index (χ1v) is 6.65. The van der Waals surface area contributed by atoms with Gasteiger partial charge in [0.1, 0.15) is 5.60 Å². The van der Waals surface area contributed by atoms with E-state index in [1.807, 2.05) is 20.8 Å². The molecule has 0 radical (unpaired) electrons. The maximum Gasteiger partial charge on any atom is 0.422 e. The number of hydrogen-bond donors (Lipinski definition) is 2. The average Bonchev–Trinajstić information content (AvgIpc) is 2.12. The fourth-order valence-corrected chi connectivity index (χ4v) is 2.41. The molecule has 1 aliphatic rings. The lowest BCUT2D eigenvalue weighted by molar-refractivity contribution is 0.0494. The zero-order valence-corrected chi connectivity index (χ0v) is 12.2. The summed E-state index contributed by atoms with van der Waals surface area (Å²) in [6.07, 6.45) is 4.18. The van der Waals surface area contributed by atoms with E-state index in [9.17, 15) is 4.79 Å². The number of ether oxygens (including phenoxy) is 1. The quantitative estimate of drug-likeness (QED) is 0.601. The molecule has 0 aliphatic heterocycles. The van der Waals surface area contributed by atoms with E-state index in [1.54, 1.807) is 0 Å². The van der Waals surface area contributed by atoms with Gasteiger partial charge in [-0.25, -0.2) is 10.2 Å². The van der Waals surface area contributed by atoms with Crippen molar-refractivity contribution in [3.8, 4) is 0 Å². The maximum atomic E-state index is 11.4. The van der Waals surface area contributed by atoms with Crippen LogP contribution in [0.15, 0.2) is 11.6 Å². The van der Waals surface area contributed by atoms with Gasteiger partial charge in [0.25, 0.3) is 0 Å². The predicted octanol–water partition coefficient (Wildman–Crippen LogP) is 3.01. The van der Waals surface area contributed by atoms with Gasteiger partial charge in [0, 0.05) is 6.54 Å². The van der Waals surface area contributed by atoms with Gasteiger partial charge in [-0.1, -0.05) is 18.6 Å². The molecular weight excluding hydrogens is 228 g/mol. The highest BCUT2D eigenvalue weighted by atomic mass is 16.6. The molecule has 0 spiro atoms. The minimum absolute atomic E-state index is 0.418. The fourth-order valence-electron chi connectivity index (χ4n) is 2.41. The smallest absolute Gasteiger partial charge is 0.422 e. The molecule has 2 N–H and O–H groups in total. The van der Waals surface area contributed by atoms with Crippen molar-refractivity contribution in [1.29, 1.82) is 0 Å². The first-order chi connectivity index (χ1) is 8.26. The van der Waals surface area contributed by atoms with Gasteiger partial charge in [-0.15, -0.1) is 0 Å². The van der Waals surface area contributed by atoms with Crippen molar-refractivity contribution in [3.05, 3.63) is 11.6 Å². The van der Waals surface area contributed by atoms with Crippen molar-refractivity contribution in [2.24, 2.45) is 11.8 Å². The molecule has 1 rings (SSSR count). The number of carbonyl (C=O) groups is 1. The first-order valence-electron chi connectivity index (χ1n) is 6.65. The summed E-state index contributed by atoms with van der Waals surface area (Å²) in [6.45, 7) is 10.7. The highest BCUT2D eigenvalue weighted by Gasteiger charge is 2.19.